The van der Waals surface area contributed by atoms with Gasteiger partial charge in [-0.25, -0.2) is 4.98 Å². The van der Waals surface area contributed by atoms with Gasteiger partial charge >= 0.3 is 0 Å². The Hall–Kier alpha value is -1.88. The Morgan fingerprint density at radius 1 is 0.700 bits per heavy atom. The number of carbonyl (C=O) groups is 1. The highest BCUT2D eigenvalue weighted by atomic mass is 16.2. The summed E-state index contributed by atoms with van der Waals surface area (Å²) >= 11 is 0. The van der Waals surface area contributed by atoms with E-state index in [9.17, 15) is 4.79 Å². The summed E-state index contributed by atoms with van der Waals surface area (Å²) in [6.07, 6.45) is 28.1. The minimum absolute atomic E-state index is 0.0211. The van der Waals surface area contributed by atoms with Gasteiger partial charge in [0.15, 0.2) is 5.82 Å². The molecule has 0 radical (unpaired) electrons. The number of likely N-dealkylation sites (tertiary alicyclic amines) is 1. The maximum atomic E-state index is 13.0. The van der Waals surface area contributed by atoms with Crippen LogP contribution < -0.4 is 5.32 Å². The maximum Gasteiger partial charge on any atom is 0.287 e. The third-order valence-electron chi connectivity index (χ3n) is 8.73. The number of benzene rings is 1. The van der Waals surface area contributed by atoms with Gasteiger partial charge in [0.25, 0.3) is 5.91 Å². The smallest absolute Gasteiger partial charge is 0.287 e. The van der Waals surface area contributed by atoms with Gasteiger partial charge in [-0.3, -0.25) is 4.79 Å². The van der Waals surface area contributed by atoms with Crippen molar-refractivity contribution in [3.8, 4) is 0 Å². The molecule has 1 aliphatic heterocycles. The summed E-state index contributed by atoms with van der Waals surface area (Å²) in [6.45, 7) is 7.65. The van der Waals surface area contributed by atoms with Crippen molar-refractivity contribution in [2.45, 2.75) is 148 Å². The van der Waals surface area contributed by atoms with Crippen LogP contribution in [0.15, 0.2) is 24.3 Å². The minimum atomic E-state index is -0.0211. The van der Waals surface area contributed by atoms with Gasteiger partial charge in [0.05, 0.1) is 11.0 Å². The Morgan fingerprint density at radius 3 is 1.85 bits per heavy atom. The van der Waals surface area contributed by atoms with Crippen LogP contribution in [0.1, 0.15) is 152 Å². The third-order valence-corrected chi connectivity index (χ3v) is 8.73. The highest BCUT2D eigenvalue weighted by molar-refractivity contribution is 5.94. The molecule has 0 atom stereocenters. The van der Waals surface area contributed by atoms with Crippen molar-refractivity contribution in [1.82, 2.24) is 19.8 Å². The number of hydrogen-bond acceptors (Lipinski definition) is 3. The molecule has 0 bridgehead atoms. The standard InChI is InChI=1S/C35H60N4O/c1-2-3-4-5-6-7-8-9-10-11-12-13-14-15-16-22-31-39-33-26-19-18-25-32(33)37-34(39)35(40)36-27-20-17-21-28-38-29-23-24-30-38/h18-19,25-26H,2-17,20-24,27-31H2,1H3,(H,36,40). The lowest BCUT2D eigenvalue weighted by Crippen LogP contribution is -2.28. The summed E-state index contributed by atoms with van der Waals surface area (Å²) < 4.78 is 2.15. The SMILES string of the molecule is CCCCCCCCCCCCCCCCCCn1c(C(=O)NCCCCCN2CCCC2)nc2ccccc21. The fourth-order valence-corrected chi connectivity index (χ4v) is 6.22. The Kier molecular flexibility index (Phi) is 17.1. The summed E-state index contributed by atoms with van der Waals surface area (Å²) in [5.74, 6) is 0.562. The summed E-state index contributed by atoms with van der Waals surface area (Å²) in [7, 11) is 0. The second-order valence-corrected chi connectivity index (χ2v) is 12.2. The van der Waals surface area contributed by atoms with E-state index in [0.29, 0.717) is 5.82 Å². The molecular formula is C35H60N4O. The molecule has 2 aromatic rings. The van der Waals surface area contributed by atoms with Crippen LogP contribution in [0.3, 0.4) is 0 Å². The molecule has 1 amide bonds. The number of rotatable bonds is 24. The quantitative estimate of drug-likeness (QED) is 0.132. The first-order chi connectivity index (χ1) is 19.8. The molecule has 1 aromatic carbocycles. The molecule has 1 aliphatic rings. The van der Waals surface area contributed by atoms with Crippen molar-refractivity contribution in [2.24, 2.45) is 0 Å². The number of aromatic nitrogens is 2. The number of amides is 1. The van der Waals surface area contributed by atoms with E-state index in [4.69, 9.17) is 4.98 Å². The van der Waals surface area contributed by atoms with Crippen LogP contribution in [0.25, 0.3) is 11.0 Å². The van der Waals surface area contributed by atoms with Gasteiger partial charge in [0.1, 0.15) is 0 Å². The van der Waals surface area contributed by atoms with E-state index in [-0.39, 0.29) is 5.91 Å². The van der Waals surface area contributed by atoms with E-state index in [1.807, 2.05) is 12.1 Å². The number of para-hydroxylation sites is 2. The maximum absolute atomic E-state index is 13.0. The van der Waals surface area contributed by atoms with Crippen molar-refractivity contribution in [3.63, 3.8) is 0 Å². The zero-order valence-corrected chi connectivity index (χ0v) is 25.9. The number of unbranched alkanes of at least 4 members (excludes halogenated alkanes) is 17. The molecule has 3 rings (SSSR count). The molecular weight excluding hydrogens is 492 g/mol. The highest BCUT2D eigenvalue weighted by Gasteiger charge is 2.17. The lowest BCUT2D eigenvalue weighted by Gasteiger charge is -2.14. The van der Waals surface area contributed by atoms with Crippen molar-refractivity contribution in [2.75, 3.05) is 26.2 Å². The topological polar surface area (TPSA) is 50.2 Å². The number of fused-ring (bicyclic) bond motifs is 1. The fourth-order valence-electron chi connectivity index (χ4n) is 6.22. The van der Waals surface area contributed by atoms with Gasteiger partial charge in [-0.1, -0.05) is 122 Å². The van der Waals surface area contributed by atoms with E-state index in [1.54, 1.807) is 0 Å². The van der Waals surface area contributed by atoms with Crippen LogP contribution >= 0.6 is 0 Å². The Bertz CT molecular complexity index is 917. The monoisotopic (exact) mass is 552 g/mol. The minimum Gasteiger partial charge on any atom is -0.349 e. The second kappa shape index (κ2) is 20.9. The van der Waals surface area contributed by atoms with Crippen LogP contribution in [0.5, 0.6) is 0 Å². The summed E-state index contributed by atoms with van der Waals surface area (Å²) in [4.78, 5) is 20.3. The predicted molar refractivity (Wildman–Crippen MR) is 171 cm³/mol. The average molecular weight is 553 g/mol. The Labute approximate surface area is 245 Å². The van der Waals surface area contributed by atoms with Crippen molar-refractivity contribution in [3.05, 3.63) is 30.1 Å². The summed E-state index contributed by atoms with van der Waals surface area (Å²) in [6, 6.07) is 8.19. The Morgan fingerprint density at radius 2 is 1.23 bits per heavy atom. The van der Waals surface area contributed by atoms with Crippen molar-refractivity contribution in [1.29, 1.82) is 0 Å². The molecule has 1 N–H and O–H groups in total. The van der Waals surface area contributed by atoms with E-state index in [0.717, 1.165) is 37.0 Å². The van der Waals surface area contributed by atoms with Crippen LogP contribution in [-0.4, -0.2) is 46.5 Å². The van der Waals surface area contributed by atoms with Gasteiger partial charge in [0, 0.05) is 13.1 Å². The number of nitrogens with zero attached hydrogens (tertiary/aromatic N) is 3. The van der Waals surface area contributed by atoms with Crippen LogP contribution in [-0.2, 0) is 6.54 Å². The third kappa shape index (κ3) is 12.7. The fraction of sp³-hybridized carbons (Fsp3) is 0.771. The highest BCUT2D eigenvalue weighted by Crippen LogP contribution is 2.19. The van der Waals surface area contributed by atoms with Gasteiger partial charge in [0.2, 0.25) is 0 Å². The van der Waals surface area contributed by atoms with Gasteiger partial charge in [-0.15, -0.1) is 0 Å². The Balaban J connectivity index is 1.24. The molecule has 1 fully saturated rings. The molecule has 0 unspecified atom stereocenters. The molecule has 1 saturated heterocycles. The number of carbonyl (C=O) groups excluding carboxylic acids is 1. The predicted octanol–water partition coefficient (Wildman–Crippen LogP) is 9.29. The first kappa shape index (κ1) is 32.6. The normalized spacial score (nSPS) is 13.9. The molecule has 226 valence electrons. The van der Waals surface area contributed by atoms with Crippen LogP contribution in [0, 0.1) is 0 Å². The summed E-state index contributed by atoms with van der Waals surface area (Å²) in [5.41, 5.74) is 2.01. The van der Waals surface area contributed by atoms with E-state index in [1.165, 1.54) is 142 Å². The number of aryl methyl sites for hydroxylation is 1. The van der Waals surface area contributed by atoms with Gasteiger partial charge in [-0.2, -0.15) is 0 Å². The van der Waals surface area contributed by atoms with E-state index >= 15 is 0 Å². The molecule has 2 heterocycles. The molecule has 40 heavy (non-hydrogen) atoms. The largest absolute Gasteiger partial charge is 0.349 e. The number of hydrogen-bond donors (Lipinski definition) is 1. The first-order valence-electron chi connectivity index (χ1n) is 17.3. The average Bonchev–Trinajstić information content (AvgIpc) is 3.63. The van der Waals surface area contributed by atoms with Crippen molar-refractivity contribution >= 4 is 16.9 Å². The lowest BCUT2D eigenvalue weighted by atomic mass is 10.0. The van der Waals surface area contributed by atoms with Crippen molar-refractivity contribution < 1.29 is 4.79 Å². The second-order valence-electron chi connectivity index (χ2n) is 12.2. The first-order valence-corrected chi connectivity index (χ1v) is 17.3. The molecule has 0 aliphatic carbocycles. The van der Waals surface area contributed by atoms with Gasteiger partial charge in [-0.05, 0) is 63.9 Å². The molecule has 1 aromatic heterocycles. The zero-order chi connectivity index (χ0) is 28.1. The molecule has 5 nitrogen and oxygen atoms in total. The molecule has 0 spiro atoms. The summed E-state index contributed by atoms with van der Waals surface area (Å²) in [5, 5.41) is 3.15. The number of nitrogens with one attached hydrogen (secondary N) is 1. The molecule has 5 heteroatoms. The zero-order valence-electron chi connectivity index (χ0n) is 25.9. The van der Waals surface area contributed by atoms with Crippen LogP contribution in [0.2, 0.25) is 0 Å². The van der Waals surface area contributed by atoms with E-state index in [2.05, 4.69) is 33.8 Å². The molecule has 0 saturated carbocycles. The lowest BCUT2D eigenvalue weighted by molar-refractivity contribution is 0.0938. The van der Waals surface area contributed by atoms with Crippen LogP contribution in [0.4, 0.5) is 0 Å². The van der Waals surface area contributed by atoms with Gasteiger partial charge < -0.3 is 14.8 Å². The van der Waals surface area contributed by atoms with E-state index < -0.39 is 0 Å². The number of imidazole rings is 1.